The fourth-order valence-electron chi connectivity index (χ4n) is 4.02. The van der Waals surface area contributed by atoms with E-state index in [1.807, 2.05) is 42.2 Å². The number of thiazole rings is 1. The van der Waals surface area contributed by atoms with Gasteiger partial charge in [0, 0.05) is 11.6 Å². The summed E-state index contributed by atoms with van der Waals surface area (Å²) in [4.78, 5) is 28.6. The van der Waals surface area contributed by atoms with Crippen LogP contribution < -0.4 is 0 Å². The molecule has 3 heterocycles. The first-order valence-electron chi connectivity index (χ1n) is 9.73. The number of phenolic OH excluding ortho intramolecular Hbond substituents is 1. The summed E-state index contributed by atoms with van der Waals surface area (Å²) in [6, 6.07) is 12.6. The van der Waals surface area contributed by atoms with Gasteiger partial charge in [0.15, 0.2) is 0 Å². The van der Waals surface area contributed by atoms with Gasteiger partial charge in [0.2, 0.25) is 0 Å². The number of nitrogens with zero attached hydrogens (tertiary/aromatic N) is 3. The van der Waals surface area contributed by atoms with Crippen LogP contribution in [0, 0.1) is 6.92 Å². The van der Waals surface area contributed by atoms with Gasteiger partial charge in [0.05, 0.1) is 21.4 Å². The molecule has 4 aromatic rings. The van der Waals surface area contributed by atoms with Crippen molar-refractivity contribution in [2.24, 2.45) is 0 Å². The number of aryl methyl sites for hydroxylation is 1. The molecule has 2 aromatic carbocycles. The Bertz CT molecular complexity index is 1270. The number of carbonyl (C=O) groups is 1. The van der Waals surface area contributed by atoms with Crippen LogP contribution in [-0.4, -0.2) is 37.4 Å². The maximum absolute atomic E-state index is 13.6. The normalized spacial score (nSPS) is 16.5. The van der Waals surface area contributed by atoms with E-state index in [-0.39, 0.29) is 17.7 Å². The van der Waals surface area contributed by atoms with Gasteiger partial charge in [0.25, 0.3) is 5.91 Å². The molecule has 6 nitrogen and oxygen atoms in total. The van der Waals surface area contributed by atoms with Crippen molar-refractivity contribution >= 4 is 39.9 Å². The predicted molar refractivity (Wildman–Crippen MR) is 118 cm³/mol. The van der Waals surface area contributed by atoms with Crippen LogP contribution >= 0.6 is 22.9 Å². The summed E-state index contributed by atoms with van der Waals surface area (Å²) < 4.78 is 0. The standard InChI is InChI=1S/C22H19ClN4O2S/c1-12-24-19(20(30-12)13-5-2-6-14(23)11-13)22(29)27-10-4-8-16(27)21-25-15-7-3-9-17(28)18(15)26-21/h2-3,5-7,9,11,16,28H,4,8,10H2,1H3,(H,25,26). The smallest absolute Gasteiger partial charge is 0.274 e. The minimum absolute atomic E-state index is 0.110. The molecule has 1 amide bonds. The molecule has 1 unspecified atom stereocenters. The maximum atomic E-state index is 13.6. The number of benzene rings is 2. The molecule has 152 valence electrons. The topological polar surface area (TPSA) is 82.1 Å². The molecule has 30 heavy (non-hydrogen) atoms. The second kappa shape index (κ2) is 7.41. The number of fused-ring (bicyclic) bond motifs is 1. The summed E-state index contributed by atoms with van der Waals surface area (Å²) in [7, 11) is 0. The van der Waals surface area contributed by atoms with Crippen LogP contribution in [0.1, 0.15) is 40.2 Å². The second-order valence-corrected chi connectivity index (χ2v) is 9.01. The Morgan fingerprint density at radius 3 is 2.90 bits per heavy atom. The zero-order chi connectivity index (χ0) is 20.8. The number of hydrogen-bond acceptors (Lipinski definition) is 5. The Morgan fingerprint density at radius 2 is 2.10 bits per heavy atom. The van der Waals surface area contributed by atoms with E-state index < -0.39 is 0 Å². The van der Waals surface area contributed by atoms with Crippen molar-refractivity contribution in [1.29, 1.82) is 0 Å². The summed E-state index contributed by atoms with van der Waals surface area (Å²) >= 11 is 7.66. The zero-order valence-corrected chi connectivity index (χ0v) is 17.8. The monoisotopic (exact) mass is 438 g/mol. The van der Waals surface area contributed by atoms with Crippen LogP contribution in [0.4, 0.5) is 0 Å². The fourth-order valence-corrected chi connectivity index (χ4v) is 5.12. The molecule has 5 rings (SSSR count). The van der Waals surface area contributed by atoms with Crippen molar-refractivity contribution in [2.75, 3.05) is 6.54 Å². The summed E-state index contributed by atoms with van der Waals surface area (Å²) in [5.74, 6) is 0.708. The van der Waals surface area contributed by atoms with Crippen LogP contribution in [0.2, 0.25) is 5.02 Å². The quantitative estimate of drug-likeness (QED) is 0.452. The molecule has 1 aliphatic heterocycles. The van der Waals surface area contributed by atoms with Gasteiger partial charge >= 0.3 is 0 Å². The predicted octanol–water partition coefficient (Wildman–Crippen LogP) is 5.33. The van der Waals surface area contributed by atoms with Crippen LogP contribution in [0.3, 0.4) is 0 Å². The van der Waals surface area contributed by atoms with Gasteiger partial charge in [-0.2, -0.15) is 0 Å². The highest BCUT2D eigenvalue weighted by molar-refractivity contribution is 7.15. The van der Waals surface area contributed by atoms with Crippen LogP contribution in [0.15, 0.2) is 42.5 Å². The molecule has 0 radical (unpaired) electrons. The third-order valence-corrected chi connectivity index (χ3v) is 6.62. The van der Waals surface area contributed by atoms with E-state index in [0.29, 0.717) is 28.6 Å². The summed E-state index contributed by atoms with van der Waals surface area (Å²) in [5, 5.41) is 11.5. The first-order valence-corrected chi connectivity index (χ1v) is 10.9. The SMILES string of the molecule is Cc1nc(C(=O)N2CCCC2c2nc3c(O)cccc3[nH]2)c(-c2cccc(Cl)c2)s1. The van der Waals surface area contributed by atoms with Gasteiger partial charge in [-0.25, -0.2) is 9.97 Å². The van der Waals surface area contributed by atoms with E-state index >= 15 is 0 Å². The van der Waals surface area contributed by atoms with E-state index in [2.05, 4.69) is 15.0 Å². The Labute approximate surface area is 182 Å². The molecule has 0 bridgehead atoms. The summed E-state index contributed by atoms with van der Waals surface area (Å²) in [6.07, 6.45) is 1.69. The number of amides is 1. The average molecular weight is 439 g/mol. The number of phenols is 1. The number of imidazole rings is 1. The van der Waals surface area contributed by atoms with Crippen molar-refractivity contribution in [3.63, 3.8) is 0 Å². The second-order valence-electron chi connectivity index (χ2n) is 7.37. The van der Waals surface area contributed by atoms with Gasteiger partial charge in [-0.3, -0.25) is 4.79 Å². The lowest BCUT2D eigenvalue weighted by molar-refractivity contribution is 0.0726. The van der Waals surface area contributed by atoms with E-state index in [0.717, 1.165) is 33.8 Å². The van der Waals surface area contributed by atoms with Gasteiger partial charge in [-0.05, 0) is 49.6 Å². The Kier molecular flexibility index (Phi) is 4.72. The summed E-state index contributed by atoms with van der Waals surface area (Å²) in [6.45, 7) is 2.54. The lowest BCUT2D eigenvalue weighted by Gasteiger charge is -2.22. The number of halogens is 1. The molecular weight excluding hydrogens is 420 g/mol. The molecule has 8 heteroatoms. The molecule has 2 aromatic heterocycles. The third-order valence-electron chi connectivity index (χ3n) is 5.36. The number of rotatable bonds is 3. The highest BCUT2D eigenvalue weighted by Crippen LogP contribution is 2.37. The first kappa shape index (κ1) is 19.1. The highest BCUT2D eigenvalue weighted by atomic mass is 35.5. The van der Waals surface area contributed by atoms with Crippen molar-refractivity contribution in [1.82, 2.24) is 19.9 Å². The largest absolute Gasteiger partial charge is 0.506 e. The van der Waals surface area contributed by atoms with Gasteiger partial charge < -0.3 is 15.0 Å². The highest BCUT2D eigenvalue weighted by Gasteiger charge is 2.35. The van der Waals surface area contributed by atoms with Gasteiger partial charge in [0.1, 0.15) is 22.8 Å². The minimum Gasteiger partial charge on any atom is -0.506 e. The first-order chi connectivity index (χ1) is 14.5. The zero-order valence-electron chi connectivity index (χ0n) is 16.2. The number of H-pyrrole nitrogens is 1. The molecule has 1 atom stereocenters. The average Bonchev–Trinajstić information content (AvgIpc) is 3.45. The molecule has 2 N–H and O–H groups in total. The number of carbonyl (C=O) groups excluding carboxylic acids is 1. The molecular formula is C22H19ClN4O2S. The van der Waals surface area contributed by atoms with E-state index in [1.165, 1.54) is 11.3 Å². The van der Waals surface area contributed by atoms with Crippen LogP contribution in [0.5, 0.6) is 5.75 Å². The van der Waals surface area contributed by atoms with Crippen molar-refractivity contribution in [3.8, 4) is 16.2 Å². The molecule has 0 spiro atoms. The number of aromatic amines is 1. The fraction of sp³-hybridized carbons (Fsp3) is 0.227. The Balaban J connectivity index is 1.52. The van der Waals surface area contributed by atoms with E-state index in [9.17, 15) is 9.90 Å². The number of hydrogen-bond donors (Lipinski definition) is 2. The summed E-state index contributed by atoms with van der Waals surface area (Å²) in [5.41, 5.74) is 2.62. The van der Waals surface area contributed by atoms with Crippen molar-refractivity contribution in [3.05, 3.63) is 64.0 Å². The molecule has 1 fully saturated rings. The van der Waals surface area contributed by atoms with Crippen LogP contribution in [0.25, 0.3) is 21.5 Å². The maximum Gasteiger partial charge on any atom is 0.274 e. The number of aromatic hydroxyl groups is 1. The van der Waals surface area contributed by atoms with E-state index in [1.54, 1.807) is 12.1 Å². The van der Waals surface area contributed by atoms with Crippen molar-refractivity contribution in [2.45, 2.75) is 25.8 Å². The lowest BCUT2D eigenvalue weighted by atomic mass is 10.1. The number of para-hydroxylation sites is 1. The van der Waals surface area contributed by atoms with Gasteiger partial charge in [-0.1, -0.05) is 29.8 Å². The molecule has 1 aliphatic rings. The Morgan fingerprint density at radius 1 is 1.27 bits per heavy atom. The lowest BCUT2D eigenvalue weighted by Crippen LogP contribution is -2.31. The minimum atomic E-state index is -0.182. The number of likely N-dealkylation sites (tertiary alicyclic amines) is 1. The van der Waals surface area contributed by atoms with Crippen molar-refractivity contribution < 1.29 is 9.90 Å². The number of aromatic nitrogens is 3. The molecule has 1 saturated heterocycles. The molecule has 0 aliphatic carbocycles. The van der Waals surface area contributed by atoms with Gasteiger partial charge in [-0.15, -0.1) is 11.3 Å². The van der Waals surface area contributed by atoms with E-state index in [4.69, 9.17) is 11.6 Å². The Hall–Kier alpha value is -2.90. The molecule has 0 saturated carbocycles. The van der Waals surface area contributed by atoms with Crippen LogP contribution in [-0.2, 0) is 0 Å². The number of nitrogens with one attached hydrogen (secondary N) is 1. The third kappa shape index (κ3) is 3.24.